The van der Waals surface area contributed by atoms with Gasteiger partial charge >= 0.3 is 0 Å². The molecule has 2 aromatic carbocycles. The fourth-order valence-corrected chi connectivity index (χ4v) is 3.28. The molecule has 0 radical (unpaired) electrons. The van der Waals surface area contributed by atoms with E-state index in [0.29, 0.717) is 24.6 Å². The first-order valence-corrected chi connectivity index (χ1v) is 9.94. The Bertz CT molecular complexity index is 941. The number of carbonyl (C=O) groups is 2. The fourth-order valence-electron chi connectivity index (χ4n) is 3.28. The van der Waals surface area contributed by atoms with Gasteiger partial charge < -0.3 is 34.9 Å². The summed E-state index contributed by atoms with van der Waals surface area (Å²) in [4.78, 5) is 29.2. The Balaban J connectivity index is 2.03. The van der Waals surface area contributed by atoms with Crippen LogP contribution in [0.3, 0.4) is 0 Å². The fraction of sp³-hybridized carbons (Fsp3) is 0.364. The third kappa shape index (κ3) is 5.25. The maximum absolute atomic E-state index is 13.1. The molecule has 0 atom stereocenters. The van der Waals surface area contributed by atoms with E-state index in [4.69, 9.17) is 19.9 Å². The van der Waals surface area contributed by atoms with Crippen LogP contribution in [0.1, 0.15) is 20.7 Å². The standard InChI is InChI=1S/C22H27N3O6/c1-24-7-9-25(10-8-24)22(28)15-13-16(21(23)27)20(19(14-15)30-12-11-26)31-18-6-4-3-5-17(18)29-2/h3-6,13-14,26H,7-12H2,1-2H3,(H2,23,27). The van der Waals surface area contributed by atoms with Crippen LogP contribution in [0.5, 0.6) is 23.0 Å². The summed E-state index contributed by atoms with van der Waals surface area (Å²) >= 11 is 0. The minimum atomic E-state index is -0.772. The molecule has 2 amide bonds. The monoisotopic (exact) mass is 429 g/mol. The lowest BCUT2D eigenvalue weighted by atomic mass is 10.1. The highest BCUT2D eigenvalue weighted by molar-refractivity contribution is 6.02. The van der Waals surface area contributed by atoms with Gasteiger partial charge in [0.1, 0.15) is 6.61 Å². The molecule has 3 rings (SSSR count). The molecular weight excluding hydrogens is 402 g/mol. The van der Waals surface area contributed by atoms with Crippen LogP contribution in [0.4, 0.5) is 0 Å². The Morgan fingerprint density at radius 2 is 1.74 bits per heavy atom. The second-order valence-corrected chi connectivity index (χ2v) is 7.14. The summed E-state index contributed by atoms with van der Waals surface area (Å²) in [6.07, 6.45) is 0. The molecule has 0 saturated carbocycles. The lowest BCUT2D eigenvalue weighted by molar-refractivity contribution is 0.0663. The number of para-hydroxylation sites is 2. The molecule has 9 nitrogen and oxygen atoms in total. The number of primary amides is 1. The topological polar surface area (TPSA) is 115 Å². The van der Waals surface area contributed by atoms with E-state index in [1.807, 2.05) is 7.05 Å². The minimum absolute atomic E-state index is 0.00109. The van der Waals surface area contributed by atoms with Gasteiger partial charge in [0.2, 0.25) is 0 Å². The van der Waals surface area contributed by atoms with Crippen LogP contribution in [-0.4, -0.2) is 80.3 Å². The molecule has 166 valence electrons. The first kappa shape index (κ1) is 22.4. The molecule has 31 heavy (non-hydrogen) atoms. The molecule has 1 aliphatic rings. The zero-order chi connectivity index (χ0) is 22.4. The van der Waals surface area contributed by atoms with Crippen molar-refractivity contribution >= 4 is 11.8 Å². The molecule has 0 aromatic heterocycles. The van der Waals surface area contributed by atoms with E-state index in [0.717, 1.165) is 13.1 Å². The van der Waals surface area contributed by atoms with Crippen molar-refractivity contribution in [1.82, 2.24) is 9.80 Å². The van der Waals surface area contributed by atoms with Crippen molar-refractivity contribution in [3.05, 3.63) is 47.5 Å². The SMILES string of the molecule is COc1ccccc1Oc1c(OCCO)cc(C(=O)N2CCN(C)CC2)cc1C(N)=O. The van der Waals surface area contributed by atoms with Gasteiger partial charge in [0.05, 0.1) is 19.3 Å². The Morgan fingerprint density at radius 1 is 1.06 bits per heavy atom. The lowest BCUT2D eigenvalue weighted by Gasteiger charge is -2.32. The van der Waals surface area contributed by atoms with E-state index in [1.54, 1.807) is 29.2 Å². The van der Waals surface area contributed by atoms with Crippen molar-refractivity contribution in [2.24, 2.45) is 5.73 Å². The number of hydrogen-bond acceptors (Lipinski definition) is 7. The van der Waals surface area contributed by atoms with Gasteiger partial charge in [-0.25, -0.2) is 0 Å². The number of methoxy groups -OCH3 is 1. The molecule has 0 unspecified atom stereocenters. The number of ether oxygens (including phenoxy) is 3. The molecule has 1 heterocycles. The van der Waals surface area contributed by atoms with Crippen molar-refractivity contribution in [3.8, 4) is 23.0 Å². The third-order valence-electron chi connectivity index (χ3n) is 4.99. The van der Waals surface area contributed by atoms with Crippen LogP contribution in [0.15, 0.2) is 36.4 Å². The molecule has 1 fully saturated rings. The number of rotatable bonds is 8. The molecule has 1 saturated heterocycles. The van der Waals surface area contributed by atoms with Crippen molar-refractivity contribution in [1.29, 1.82) is 0 Å². The smallest absolute Gasteiger partial charge is 0.254 e. The van der Waals surface area contributed by atoms with Crippen LogP contribution in [-0.2, 0) is 0 Å². The number of nitrogens with zero attached hydrogens (tertiary/aromatic N) is 2. The van der Waals surface area contributed by atoms with Crippen LogP contribution < -0.4 is 19.9 Å². The molecule has 0 spiro atoms. The van der Waals surface area contributed by atoms with Gasteiger partial charge in [-0.3, -0.25) is 9.59 Å². The van der Waals surface area contributed by atoms with E-state index >= 15 is 0 Å². The van der Waals surface area contributed by atoms with Crippen LogP contribution in [0.2, 0.25) is 0 Å². The van der Waals surface area contributed by atoms with E-state index in [1.165, 1.54) is 19.2 Å². The van der Waals surface area contributed by atoms with Crippen molar-refractivity contribution in [3.63, 3.8) is 0 Å². The van der Waals surface area contributed by atoms with Crippen molar-refractivity contribution < 1.29 is 28.9 Å². The molecular formula is C22H27N3O6. The number of likely N-dealkylation sites (N-methyl/N-ethyl adjacent to an activating group) is 1. The van der Waals surface area contributed by atoms with Crippen molar-refractivity contribution in [2.45, 2.75) is 0 Å². The maximum atomic E-state index is 13.1. The number of nitrogens with two attached hydrogens (primary N) is 1. The summed E-state index contributed by atoms with van der Waals surface area (Å²) < 4.78 is 16.9. The first-order valence-electron chi connectivity index (χ1n) is 9.94. The van der Waals surface area contributed by atoms with Crippen LogP contribution in [0, 0.1) is 0 Å². The highest BCUT2D eigenvalue weighted by Crippen LogP contribution is 2.40. The average Bonchev–Trinajstić information content (AvgIpc) is 2.78. The van der Waals surface area contributed by atoms with Gasteiger partial charge in [0.25, 0.3) is 11.8 Å². The minimum Gasteiger partial charge on any atom is -0.493 e. The summed E-state index contributed by atoms with van der Waals surface area (Å²) in [6.45, 7) is 2.37. The highest BCUT2D eigenvalue weighted by Gasteiger charge is 2.26. The Kier molecular flexibility index (Phi) is 7.32. The summed E-state index contributed by atoms with van der Waals surface area (Å²) in [7, 11) is 3.50. The quantitative estimate of drug-likeness (QED) is 0.651. The van der Waals surface area contributed by atoms with Crippen molar-refractivity contribution in [2.75, 3.05) is 53.6 Å². The molecule has 0 aliphatic carbocycles. The van der Waals surface area contributed by atoms with Crippen LogP contribution in [0.25, 0.3) is 0 Å². The van der Waals surface area contributed by atoms with Gasteiger partial charge in [-0.05, 0) is 31.3 Å². The largest absolute Gasteiger partial charge is 0.493 e. The third-order valence-corrected chi connectivity index (χ3v) is 4.99. The van der Waals surface area contributed by atoms with Gasteiger partial charge in [-0.1, -0.05) is 12.1 Å². The molecule has 0 bridgehead atoms. The summed E-state index contributed by atoms with van der Waals surface area (Å²) in [5.74, 6) is -0.0164. The number of aliphatic hydroxyl groups excluding tert-OH is 1. The van der Waals surface area contributed by atoms with Gasteiger partial charge in [-0.15, -0.1) is 0 Å². The van der Waals surface area contributed by atoms with Gasteiger partial charge in [0, 0.05) is 31.7 Å². The first-order chi connectivity index (χ1) is 14.9. The van der Waals surface area contributed by atoms with E-state index in [-0.39, 0.29) is 41.7 Å². The second-order valence-electron chi connectivity index (χ2n) is 7.14. The molecule has 1 aliphatic heterocycles. The van der Waals surface area contributed by atoms with E-state index in [2.05, 4.69) is 4.90 Å². The molecule has 2 aromatic rings. The molecule has 3 N–H and O–H groups in total. The zero-order valence-corrected chi connectivity index (χ0v) is 17.7. The Labute approximate surface area is 180 Å². The number of benzene rings is 2. The Morgan fingerprint density at radius 3 is 2.35 bits per heavy atom. The zero-order valence-electron chi connectivity index (χ0n) is 17.7. The number of piperazine rings is 1. The average molecular weight is 429 g/mol. The maximum Gasteiger partial charge on any atom is 0.254 e. The number of hydrogen-bond donors (Lipinski definition) is 2. The van der Waals surface area contributed by atoms with E-state index < -0.39 is 5.91 Å². The predicted octanol–water partition coefficient (Wildman–Crippen LogP) is 1.35. The normalized spacial score (nSPS) is 14.2. The number of aliphatic hydroxyl groups is 1. The summed E-state index contributed by atoms with van der Waals surface area (Å²) in [6, 6.07) is 9.83. The number of amides is 2. The Hall–Kier alpha value is -3.30. The van der Waals surface area contributed by atoms with Gasteiger partial charge in [0.15, 0.2) is 23.0 Å². The second kappa shape index (κ2) is 10.1. The van der Waals surface area contributed by atoms with Gasteiger partial charge in [-0.2, -0.15) is 0 Å². The van der Waals surface area contributed by atoms with Crippen LogP contribution >= 0.6 is 0 Å². The lowest BCUT2D eigenvalue weighted by Crippen LogP contribution is -2.47. The summed E-state index contributed by atoms with van der Waals surface area (Å²) in [5.41, 5.74) is 5.88. The highest BCUT2D eigenvalue weighted by atomic mass is 16.5. The number of carbonyl (C=O) groups excluding carboxylic acids is 2. The predicted molar refractivity (Wildman–Crippen MR) is 114 cm³/mol. The van der Waals surface area contributed by atoms with E-state index in [9.17, 15) is 14.7 Å². The summed E-state index contributed by atoms with van der Waals surface area (Å²) in [5, 5.41) is 9.22. The molecule has 9 heteroatoms.